The molecule has 0 aliphatic heterocycles. The number of nitrogens with two attached hydrogens (primary N) is 1. The summed E-state index contributed by atoms with van der Waals surface area (Å²) in [6, 6.07) is 15.4. The molecule has 0 aromatic heterocycles. The monoisotopic (exact) mass is 333 g/mol. The zero-order chi connectivity index (χ0) is 14.2. The van der Waals surface area contributed by atoms with E-state index in [1.165, 1.54) is 11.6 Å². The van der Waals surface area contributed by atoms with Crippen molar-refractivity contribution in [1.82, 2.24) is 0 Å². The maximum atomic E-state index is 13.9. The molecule has 0 bridgehead atoms. The lowest BCUT2D eigenvalue weighted by molar-refractivity contribution is 0.500. The summed E-state index contributed by atoms with van der Waals surface area (Å²) >= 11 is 3.39. The SMILES string of the molecule is NC(Cc1cc(Br)ccc1F)C1(c2ccccc2)CC1. The summed E-state index contributed by atoms with van der Waals surface area (Å²) < 4.78 is 14.8. The quantitative estimate of drug-likeness (QED) is 0.891. The molecule has 2 aromatic rings. The van der Waals surface area contributed by atoms with Crippen LogP contribution >= 0.6 is 15.9 Å². The average Bonchev–Trinajstić information content (AvgIpc) is 3.25. The topological polar surface area (TPSA) is 26.0 Å². The molecule has 104 valence electrons. The van der Waals surface area contributed by atoms with Gasteiger partial charge in [-0.15, -0.1) is 0 Å². The third kappa shape index (κ3) is 2.52. The van der Waals surface area contributed by atoms with Gasteiger partial charge in [-0.05, 0) is 48.6 Å². The van der Waals surface area contributed by atoms with Gasteiger partial charge in [-0.2, -0.15) is 0 Å². The molecule has 1 saturated carbocycles. The molecule has 2 N–H and O–H groups in total. The van der Waals surface area contributed by atoms with Crippen LogP contribution in [0.3, 0.4) is 0 Å². The van der Waals surface area contributed by atoms with Gasteiger partial charge in [0.15, 0.2) is 0 Å². The van der Waals surface area contributed by atoms with Crippen molar-refractivity contribution in [2.45, 2.75) is 30.7 Å². The second-order valence-corrected chi connectivity index (χ2v) is 6.48. The summed E-state index contributed by atoms with van der Waals surface area (Å²) in [6.45, 7) is 0. The van der Waals surface area contributed by atoms with E-state index in [0.717, 1.165) is 17.3 Å². The van der Waals surface area contributed by atoms with E-state index in [9.17, 15) is 4.39 Å². The molecule has 1 nitrogen and oxygen atoms in total. The van der Waals surface area contributed by atoms with Gasteiger partial charge in [0.25, 0.3) is 0 Å². The van der Waals surface area contributed by atoms with Crippen molar-refractivity contribution in [3.63, 3.8) is 0 Å². The molecule has 0 radical (unpaired) electrons. The fourth-order valence-corrected chi connectivity index (χ4v) is 3.32. The fraction of sp³-hybridized carbons (Fsp3) is 0.294. The molecule has 3 rings (SSSR count). The normalized spacial score (nSPS) is 17.8. The Morgan fingerprint density at radius 1 is 1.15 bits per heavy atom. The van der Waals surface area contributed by atoms with Gasteiger partial charge in [0.05, 0.1) is 0 Å². The molecule has 20 heavy (non-hydrogen) atoms. The van der Waals surface area contributed by atoms with Crippen LogP contribution in [0.15, 0.2) is 53.0 Å². The van der Waals surface area contributed by atoms with Crippen LogP contribution in [0.1, 0.15) is 24.0 Å². The second-order valence-electron chi connectivity index (χ2n) is 5.57. The summed E-state index contributed by atoms with van der Waals surface area (Å²) in [5, 5.41) is 0. The van der Waals surface area contributed by atoms with Crippen molar-refractivity contribution >= 4 is 15.9 Å². The Balaban J connectivity index is 1.83. The van der Waals surface area contributed by atoms with Gasteiger partial charge in [0.1, 0.15) is 5.82 Å². The summed E-state index contributed by atoms with van der Waals surface area (Å²) in [5.41, 5.74) is 8.42. The Kier molecular flexibility index (Phi) is 3.65. The lowest BCUT2D eigenvalue weighted by atomic mass is 9.85. The second kappa shape index (κ2) is 5.30. The first-order valence-electron chi connectivity index (χ1n) is 6.87. The van der Waals surface area contributed by atoms with E-state index in [-0.39, 0.29) is 17.3 Å². The van der Waals surface area contributed by atoms with E-state index in [1.807, 2.05) is 24.3 Å². The highest BCUT2D eigenvalue weighted by Gasteiger charge is 2.49. The predicted octanol–water partition coefficient (Wildman–Crippen LogP) is 4.19. The van der Waals surface area contributed by atoms with Crippen LogP contribution in [0.5, 0.6) is 0 Å². The number of halogens is 2. The largest absolute Gasteiger partial charge is 0.327 e. The van der Waals surface area contributed by atoms with Crippen LogP contribution in [-0.2, 0) is 11.8 Å². The lowest BCUT2D eigenvalue weighted by Gasteiger charge is -2.24. The van der Waals surface area contributed by atoms with Gasteiger partial charge in [-0.3, -0.25) is 0 Å². The molecular formula is C17H17BrFN. The molecule has 3 heteroatoms. The highest BCUT2D eigenvalue weighted by atomic mass is 79.9. The molecule has 0 spiro atoms. The van der Waals surface area contributed by atoms with Gasteiger partial charge in [0, 0.05) is 15.9 Å². The molecule has 0 heterocycles. The highest BCUT2D eigenvalue weighted by Crippen LogP contribution is 2.51. The van der Waals surface area contributed by atoms with Crippen LogP contribution in [0.4, 0.5) is 4.39 Å². The van der Waals surface area contributed by atoms with Crippen molar-refractivity contribution in [2.24, 2.45) is 5.73 Å². The zero-order valence-electron chi connectivity index (χ0n) is 11.2. The Morgan fingerprint density at radius 2 is 1.85 bits per heavy atom. The third-order valence-corrected chi connectivity index (χ3v) is 4.79. The summed E-state index contributed by atoms with van der Waals surface area (Å²) in [4.78, 5) is 0. The first-order chi connectivity index (χ1) is 9.62. The number of benzene rings is 2. The van der Waals surface area contributed by atoms with E-state index in [0.29, 0.717) is 12.0 Å². The van der Waals surface area contributed by atoms with E-state index < -0.39 is 0 Å². The summed E-state index contributed by atoms with van der Waals surface area (Å²) in [6.07, 6.45) is 2.75. The molecule has 1 atom stereocenters. The molecule has 2 aromatic carbocycles. The maximum Gasteiger partial charge on any atom is 0.126 e. The van der Waals surface area contributed by atoms with Crippen LogP contribution < -0.4 is 5.73 Å². The zero-order valence-corrected chi connectivity index (χ0v) is 12.7. The molecule has 0 amide bonds. The van der Waals surface area contributed by atoms with Crippen LogP contribution in [0.2, 0.25) is 0 Å². The molecule has 1 fully saturated rings. The minimum absolute atomic E-state index is 0.0377. The van der Waals surface area contributed by atoms with E-state index in [4.69, 9.17) is 5.73 Å². The first kappa shape index (κ1) is 13.8. The highest BCUT2D eigenvalue weighted by molar-refractivity contribution is 9.10. The minimum atomic E-state index is -0.174. The van der Waals surface area contributed by atoms with Crippen molar-refractivity contribution in [3.05, 3.63) is 69.9 Å². The number of rotatable bonds is 4. The number of hydrogen-bond donors (Lipinski definition) is 1. The Hall–Kier alpha value is -1.19. The van der Waals surface area contributed by atoms with Crippen molar-refractivity contribution < 1.29 is 4.39 Å². The summed E-state index contributed by atoms with van der Waals surface area (Å²) in [5.74, 6) is -0.174. The van der Waals surface area contributed by atoms with Gasteiger partial charge < -0.3 is 5.73 Å². The van der Waals surface area contributed by atoms with Gasteiger partial charge in [0.2, 0.25) is 0 Å². The summed E-state index contributed by atoms with van der Waals surface area (Å²) in [7, 11) is 0. The molecular weight excluding hydrogens is 317 g/mol. The fourth-order valence-electron chi connectivity index (χ4n) is 2.91. The first-order valence-corrected chi connectivity index (χ1v) is 7.66. The van der Waals surface area contributed by atoms with Crippen molar-refractivity contribution in [2.75, 3.05) is 0 Å². The minimum Gasteiger partial charge on any atom is -0.327 e. The molecule has 1 aliphatic rings. The molecule has 0 saturated heterocycles. The van der Waals surface area contributed by atoms with Crippen LogP contribution in [-0.4, -0.2) is 6.04 Å². The van der Waals surface area contributed by atoms with E-state index in [1.54, 1.807) is 6.07 Å². The predicted molar refractivity (Wildman–Crippen MR) is 83.1 cm³/mol. The van der Waals surface area contributed by atoms with Gasteiger partial charge in [-0.25, -0.2) is 4.39 Å². The van der Waals surface area contributed by atoms with Crippen molar-refractivity contribution in [3.8, 4) is 0 Å². The Morgan fingerprint density at radius 3 is 2.50 bits per heavy atom. The Bertz CT molecular complexity index is 608. The Labute approximate surface area is 127 Å². The standard InChI is InChI=1S/C17H17BrFN/c18-14-6-7-15(19)12(10-14)11-16(20)17(8-9-17)13-4-2-1-3-5-13/h1-7,10,16H,8-9,11,20H2. The number of hydrogen-bond acceptors (Lipinski definition) is 1. The lowest BCUT2D eigenvalue weighted by Crippen LogP contribution is -2.37. The van der Waals surface area contributed by atoms with E-state index in [2.05, 4.69) is 28.1 Å². The third-order valence-electron chi connectivity index (χ3n) is 4.29. The average molecular weight is 334 g/mol. The van der Waals surface area contributed by atoms with Gasteiger partial charge in [-0.1, -0.05) is 46.3 Å². The molecule has 1 aliphatic carbocycles. The van der Waals surface area contributed by atoms with Crippen LogP contribution in [0.25, 0.3) is 0 Å². The van der Waals surface area contributed by atoms with E-state index >= 15 is 0 Å². The smallest absolute Gasteiger partial charge is 0.126 e. The van der Waals surface area contributed by atoms with Crippen molar-refractivity contribution in [1.29, 1.82) is 0 Å². The van der Waals surface area contributed by atoms with Gasteiger partial charge >= 0.3 is 0 Å². The maximum absolute atomic E-state index is 13.9. The van der Waals surface area contributed by atoms with Crippen LogP contribution in [0, 0.1) is 5.82 Å². The molecule has 1 unspecified atom stereocenters.